The molecule has 1 atom stereocenters. The zero-order chi connectivity index (χ0) is 14.2. The molecule has 0 bridgehead atoms. The largest absolute Gasteiger partial charge is 0.369 e. The van der Waals surface area contributed by atoms with Crippen molar-refractivity contribution in [2.24, 2.45) is 5.73 Å². The third-order valence-corrected chi connectivity index (χ3v) is 4.81. The van der Waals surface area contributed by atoms with Crippen molar-refractivity contribution >= 4 is 17.4 Å². The lowest BCUT2D eigenvalue weighted by atomic mass is 10.1. The van der Waals surface area contributed by atoms with Gasteiger partial charge in [0.25, 0.3) is 0 Å². The van der Waals surface area contributed by atoms with Crippen molar-refractivity contribution in [1.82, 2.24) is 4.90 Å². The second-order valence-electron chi connectivity index (χ2n) is 5.38. The molecule has 2 rings (SSSR count). The Morgan fingerprint density at radius 3 is 2.45 bits per heavy atom. The molecule has 0 spiro atoms. The van der Waals surface area contributed by atoms with Crippen LogP contribution in [0.5, 0.6) is 0 Å². The lowest BCUT2D eigenvalue weighted by Gasteiger charge is -2.40. The third-order valence-electron chi connectivity index (χ3n) is 4.11. The van der Waals surface area contributed by atoms with E-state index in [1.807, 2.05) is 11.8 Å². The molecule has 0 amide bonds. The first kappa shape index (κ1) is 15.7. The molecule has 1 unspecified atom stereocenters. The lowest BCUT2D eigenvalue weighted by molar-refractivity contribution is 0.180. The van der Waals surface area contributed by atoms with Crippen LogP contribution in [0.15, 0.2) is 30.3 Å². The topological polar surface area (TPSA) is 32.5 Å². The van der Waals surface area contributed by atoms with Crippen molar-refractivity contribution in [3.8, 4) is 0 Å². The van der Waals surface area contributed by atoms with Crippen LogP contribution in [0.4, 0.5) is 5.69 Å². The number of nitrogens with zero attached hydrogens (tertiary/aromatic N) is 2. The van der Waals surface area contributed by atoms with E-state index in [9.17, 15) is 0 Å². The first-order valence-electron chi connectivity index (χ1n) is 7.58. The first-order valence-corrected chi connectivity index (χ1v) is 8.97. The molecule has 20 heavy (non-hydrogen) atoms. The standard InChI is InChI=1S/C16H27N3S/c1-20-13-5-8-16(14-17)19-11-9-18(10-12-19)15-6-3-2-4-7-15/h2-4,6-7,16H,5,8-14,17H2,1H3. The summed E-state index contributed by atoms with van der Waals surface area (Å²) in [7, 11) is 0. The fraction of sp³-hybridized carbons (Fsp3) is 0.625. The van der Waals surface area contributed by atoms with Gasteiger partial charge in [0.1, 0.15) is 0 Å². The van der Waals surface area contributed by atoms with Crippen LogP contribution in [0.1, 0.15) is 12.8 Å². The monoisotopic (exact) mass is 293 g/mol. The summed E-state index contributed by atoms with van der Waals surface area (Å²) in [5.74, 6) is 1.25. The van der Waals surface area contributed by atoms with Gasteiger partial charge in [0, 0.05) is 44.5 Å². The second kappa shape index (κ2) is 8.55. The molecule has 3 nitrogen and oxygen atoms in total. The van der Waals surface area contributed by atoms with Gasteiger partial charge >= 0.3 is 0 Å². The van der Waals surface area contributed by atoms with Gasteiger partial charge in [-0.25, -0.2) is 0 Å². The summed E-state index contributed by atoms with van der Waals surface area (Å²) >= 11 is 1.93. The van der Waals surface area contributed by atoms with Gasteiger partial charge < -0.3 is 10.6 Å². The molecule has 1 aromatic rings. The average molecular weight is 293 g/mol. The molecule has 4 heteroatoms. The van der Waals surface area contributed by atoms with Gasteiger partial charge in [-0.15, -0.1) is 0 Å². The summed E-state index contributed by atoms with van der Waals surface area (Å²) in [5.41, 5.74) is 7.32. The fourth-order valence-corrected chi connectivity index (χ4v) is 3.35. The Balaban J connectivity index is 1.80. The Morgan fingerprint density at radius 2 is 1.85 bits per heavy atom. The van der Waals surface area contributed by atoms with Gasteiger partial charge in [0.2, 0.25) is 0 Å². The summed E-state index contributed by atoms with van der Waals surface area (Å²) < 4.78 is 0. The molecule has 0 radical (unpaired) electrons. The molecule has 2 N–H and O–H groups in total. The zero-order valence-corrected chi connectivity index (χ0v) is 13.3. The molecule has 1 saturated heterocycles. The highest BCUT2D eigenvalue weighted by Gasteiger charge is 2.22. The second-order valence-corrected chi connectivity index (χ2v) is 6.37. The molecule has 0 aromatic heterocycles. The van der Waals surface area contributed by atoms with E-state index in [0.717, 1.165) is 32.7 Å². The van der Waals surface area contributed by atoms with Gasteiger partial charge in [-0.1, -0.05) is 18.2 Å². The number of hydrogen-bond donors (Lipinski definition) is 1. The van der Waals surface area contributed by atoms with Crippen molar-refractivity contribution < 1.29 is 0 Å². The summed E-state index contributed by atoms with van der Waals surface area (Å²) in [6, 6.07) is 11.3. The molecule has 1 aliphatic heterocycles. The summed E-state index contributed by atoms with van der Waals surface area (Å²) in [6.45, 7) is 5.29. The molecule has 1 aromatic carbocycles. The van der Waals surface area contributed by atoms with Crippen molar-refractivity contribution in [2.75, 3.05) is 49.6 Å². The van der Waals surface area contributed by atoms with Gasteiger partial charge in [-0.05, 0) is 37.0 Å². The average Bonchev–Trinajstić information content (AvgIpc) is 2.53. The van der Waals surface area contributed by atoms with Gasteiger partial charge in [0.15, 0.2) is 0 Å². The van der Waals surface area contributed by atoms with Crippen molar-refractivity contribution in [1.29, 1.82) is 0 Å². The van der Waals surface area contributed by atoms with Crippen LogP contribution in [0.25, 0.3) is 0 Å². The number of piperazine rings is 1. The molecular weight excluding hydrogens is 266 g/mol. The minimum absolute atomic E-state index is 0.570. The van der Waals surface area contributed by atoms with Crippen molar-refractivity contribution in [3.63, 3.8) is 0 Å². The molecule has 1 aliphatic rings. The molecule has 112 valence electrons. The Hall–Kier alpha value is -0.710. The van der Waals surface area contributed by atoms with Gasteiger partial charge in [-0.3, -0.25) is 4.90 Å². The van der Waals surface area contributed by atoms with E-state index in [1.54, 1.807) is 0 Å². The fourth-order valence-electron chi connectivity index (χ4n) is 2.90. The minimum Gasteiger partial charge on any atom is -0.369 e. The highest BCUT2D eigenvalue weighted by Crippen LogP contribution is 2.18. The quantitative estimate of drug-likeness (QED) is 0.782. The number of hydrogen-bond acceptors (Lipinski definition) is 4. The van der Waals surface area contributed by atoms with E-state index in [2.05, 4.69) is 46.4 Å². The van der Waals surface area contributed by atoms with Crippen LogP contribution in [0.2, 0.25) is 0 Å². The lowest BCUT2D eigenvalue weighted by Crippen LogP contribution is -2.52. The number of benzene rings is 1. The maximum absolute atomic E-state index is 5.97. The predicted octanol–water partition coefficient (Wildman–Crippen LogP) is 2.28. The smallest absolute Gasteiger partial charge is 0.0367 e. The molecule has 1 heterocycles. The highest BCUT2D eigenvalue weighted by atomic mass is 32.2. The number of nitrogens with two attached hydrogens (primary N) is 1. The number of para-hydroxylation sites is 1. The van der Waals surface area contributed by atoms with Crippen LogP contribution in [0.3, 0.4) is 0 Å². The van der Waals surface area contributed by atoms with Crippen LogP contribution < -0.4 is 10.6 Å². The van der Waals surface area contributed by atoms with E-state index >= 15 is 0 Å². The molecule has 1 fully saturated rings. The zero-order valence-electron chi connectivity index (χ0n) is 12.5. The number of thioether (sulfide) groups is 1. The predicted molar refractivity (Wildman–Crippen MR) is 90.7 cm³/mol. The normalized spacial score (nSPS) is 18.2. The SMILES string of the molecule is CSCCCC(CN)N1CCN(c2ccccc2)CC1. The Morgan fingerprint density at radius 1 is 1.15 bits per heavy atom. The van der Waals surface area contributed by atoms with E-state index in [0.29, 0.717) is 6.04 Å². The number of rotatable bonds is 7. The van der Waals surface area contributed by atoms with Crippen LogP contribution in [-0.4, -0.2) is 55.7 Å². The van der Waals surface area contributed by atoms with Crippen LogP contribution >= 0.6 is 11.8 Å². The molecule has 0 saturated carbocycles. The van der Waals surface area contributed by atoms with Crippen LogP contribution in [0, 0.1) is 0 Å². The summed E-state index contributed by atoms with van der Waals surface area (Å²) in [6.07, 6.45) is 4.70. The summed E-state index contributed by atoms with van der Waals surface area (Å²) in [4.78, 5) is 5.06. The third kappa shape index (κ3) is 4.40. The number of anilines is 1. The van der Waals surface area contributed by atoms with E-state index in [1.165, 1.54) is 24.3 Å². The molecule has 0 aliphatic carbocycles. The maximum atomic E-state index is 5.97. The van der Waals surface area contributed by atoms with E-state index in [4.69, 9.17) is 5.73 Å². The van der Waals surface area contributed by atoms with Gasteiger partial charge in [-0.2, -0.15) is 11.8 Å². The van der Waals surface area contributed by atoms with Crippen molar-refractivity contribution in [3.05, 3.63) is 30.3 Å². The maximum Gasteiger partial charge on any atom is 0.0367 e. The Labute approximate surface area is 127 Å². The molecular formula is C16H27N3S. The van der Waals surface area contributed by atoms with E-state index in [-0.39, 0.29) is 0 Å². The van der Waals surface area contributed by atoms with Crippen molar-refractivity contribution in [2.45, 2.75) is 18.9 Å². The Bertz CT molecular complexity index is 363. The summed E-state index contributed by atoms with van der Waals surface area (Å²) in [5, 5.41) is 0. The highest BCUT2D eigenvalue weighted by molar-refractivity contribution is 7.98. The minimum atomic E-state index is 0.570. The van der Waals surface area contributed by atoms with E-state index < -0.39 is 0 Å². The first-order chi connectivity index (χ1) is 9.85. The van der Waals surface area contributed by atoms with Crippen LogP contribution in [-0.2, 0) is 0 Å². The Kier molecular flexibility index (Phi) is 6.70. The van der Waals surface area contributed by atoms with Gasteiger partial charge in [0.05, 0.1) is 0 Å².